The van der Waals surface area contributed by atoms with Gasteiger partial charge in [-0.25, -0.2) is 14.6 Å². The number of nitrogens with one attached hydrogen (secondary N) is 2. The predicted molar refractivity (Wildman–Crippen MR) is 95.0 cm³/mol. The Kier molecular flexibility index (Phi) is 3.79. The van der Waals surface area contributed by atoms with Crippen LogP contribution in [0, 0.1) is 0 Å². The van der Waals surface area contributed by atoms with Crippen molar-refractivity contribution in [3.8, 4) is 0 Å². The lowest BCUT2D eigenvalue weighted by Crippen LogP contribution is -2.49. The van der Waals surface area contributed by atoms with Gasteiger partial charge in [0.25, 0.3) is 0 Å². The third-order valence-electron chi connectivity index (χ3n) is 4.45. The van der Waals surface area contributed by atoms with Gasteiger partial charge < -0.3 is 19.5 Å². The molecule has 3 aromatic rings. The summed E-state index contributed by atoms with van der Waals surface area (Å²) in [6, 6.07) is 7.96. The van der Waals surface area contributed by atoms with Crippen LogP contribution in [0.3, 0.4) is 0 Å². The zero-order chi connectivity index (χ0) is 17.4. The Labute approximate surface area is 143 Å². The minimum atomic E-state index is -0.256. The molecule has 0 bridgehead atoms. The number of rotatable bonds is 2. The van der Waals surface area contributed by atoms with E-state index < -0.39 is 0 Å². The zero-order valence-electron chi connectivity index (χ0n) is 13.9. The summed E-state index contributed by atoms with van der Waals surface area (Å²) in [6.45, 7) is 4.99. The van der Waals surface area contributed by atoms with Crippen molar-refractivity contribution in [3.63, 3.8) is 0 Å². The molecule has 2 N–H and O–H groups in total. The van der Waals surface area contributed by atoms with Crippen LogP contribution in [-0.2, 0) is 4.74 Å². The smallest absolute Gasteiger partial charge is 0.409 e. The summed E-state index contributed by atoms with van der Waals surface area (Å²) in [7, 11) is 0. The summed E-state index contributed by atoms with van der Waals surface area (Å²) < 4.78 is 5.05. The quantitative estimate of drug-likeness (QED) is 0.740. The summed E-state index contributed by atoms with van der Waals surface area (Å²) >= 11 is 0. The fraction of sp³-hybridized carbons (Fsp3) is 0.353. The molecule has 1 saturated heterocycles. The largest absolute Gasteiger partial charge is 0.450 e. The molecule has 25 heavy (non-hydrogen) atoms. The van der Waals surface area contributed by atoms with Crippen LogP contribution in [0.25, 0.3) is 22.1 Å². The summed E-state index contributed by atoms with van der Waals surface area (Å²) in [6.07, 6.45) is -0.247. The monoisotopic (exact) mass is 341 g/mol. The van der Waals surface area contributed by atoms with Crippen molar-refractivity contribution in [1.82, 2.24) is 19.9 Å². The number of imidazole rings is 1. The first kappa shape index (κ1) is 15.5. The number of piperazine rings is 1. The highest BCUT2D eigenvalue weighted by Gasteiger charge is 2.22. The number of hydrogen-bond acceptors (Lipinski definition) is 5. The first-order chi connectivity index (χ1) is 12.1. The van der Waals surface area contributed by atoms with E-state index in [4.69, 9.17) is 4.74 Å². The third-order valence-corrected chi connectivity index (χ3v) is 4.45. The molecule has 4 rings (SSSR count). The lowest BCUT2D eigenvalue weighted by atomic mass is 10.1. The molecule has 130 valence electrons. The van der Waals surface area contributed by atoms with Crippen molar-refractivity contribution in [2.45, 2.75) is 6.92 Å². The summed E-state index contributed by atoms with van der Waals surface area (Å²) in [5.74, 6) is 0. The number of pyridine rings is 1. The molecule has 2 aromatic heterocycles. The Morgan fingerprint density at radius 2 is 2.00 bits per heavy atom. The second-order valence-corrected chi connectivity index (χ2v) is 6.01. The molecule has 0 unspecified atom stereocenters. The number of H-pyrrole nitrogens is 2. The van der Waals surface area contributed by atoms with Crippen molar-refractivity contribution in [2.75, 3.05) is 37.7 Å². The van der Waals surface area contributed by atoms with E-state index in [-0.39, 0.29) is 11.8 Å². The first-order valence-corrected chi connectivity index (χ1v) is 8.33. The number of aromatic amines is 2. The van der Waals surface area contributed by atoms with E-state index in [0.717, 1.165) is 29.7 Å². The van der Waals surface area contributed by atoms with Gasteiger partial charge in [-0.05, 0) is 31.2 Å². The molecule has 1 aliphatic heterocycles. The molecule has 0 aliphatic carbocycles. The number of amides is 1. The number of carbonyl (C=O) groups is 1. The van der Waals surface area contributed by atoms with Crippen LogP contribution >= 0.6 is 0 Å². The van der Waals surface area contributed by atoms with Crippen molar-refractivity contribution >= 4 is 33.8 Å². The van der Waals surface area contributed by atoms with Gasteiger partial charge in [0.1, 0.15) is 0 Å². The fourth-order valence-corrected chi connectivity index (χ4v) is 3.17. The predicted octanol–water partition coefficient (Wildman–Crippen LogP) is 1.68. The highest BCUT2D eigenvalue weighted by Crippen LogP contribution is 2.24. The van der Waals surface area contributed by atoms with Crippen LogP contribution in [0.1, 0.15) is 6.92 Å². The Balaban J connectivity index is 1.56. The number of anilines is 1. The van der Waals surface area contributed by atoms with Crippen LogP contribution in [0.5, 0.6) is 0 Å². The van der Waals surface area contributed by atoms with E-state index >= 15 is 0 Å². The average Bonchev–Trinajstić information content (AvgIpc) is 2.98. The van der Waals surface area contributed by atoms with E-state index in [2.05, 4.69) is 25.9 Å². The zero-order valence-corrected chi connectivity index (χ0v) is 13.9. The standard InChI is InChI=1S/C17H19N5O3/c1-2-25-17(24)22-7-5-21(6-8-22)12-3-4-13-11(9-12)10-14-15(18-13)20-16(23)19-14/h3-4,9-10H,2,5-8H2,1H3,(H2,18,19,20,23). The molecule has 1 aliphatic rings. The van der Waals surface area contributed by atoms with Gasteiger partial charge in [0.05, 0.1) is 17.6 Å². The van der Waals surface area contributed by atoms with E-state index in [9.17, 15) is 9.59 Å². The van der Waals surface area contributed by atoms with Gasteiger partial charge in [0.15, 0.2) is 5.65 Å². The number of carbonyl (C=O) groups excluding carboxylic acids is 1. The molecule has 8 heteroatoms. The highest BCUT2D eigenvalue weighted by molar-refractivity contribution is 5.91. The minimum absolute atomic E-state index is 0.247. The molecule has 1 amide bonds. The Hall–Kier alpha value is -3.03. The number of nitrogens with zero attached hydrogens (tertiary/aromatic N) is 3. The number of hydrogen-bond donors (Lipinski definition) is 2. The lowest BCUT2D eigenvalue weighted by molar-refractivity contribution is 0.105. The van der Waals surface area contributed by atoms with Gasteiger partial charge in [-0.1, -0.05) is 0 Å². The maximum atomic E-state index is 11.8. The highest BCUT2D eigenvalue weighted by atomic mass is 16.6. The van der Waals surface area contributed by atoms with E-state index in [1.54, 1.807) is 4.90 Å². The Bertz CT molecular complexity index is 985. The van der Waals surface area contributed by atoms with Crippen LogP contribution in [0.2, 0.25) is 0 Å². The maximum absolute atomic E-state index is 11.8. The van der Waals surface area contributed by atoms with Crippen LogP contribution in [-0.4, -0.2) is 58.7 Å². The summed E-state index contributed by atoms with van der Waals surface area (Å²) in [5.41, 5.74) is 2.91. The van der Waals surface area contributed by atoms with Gasteiger partial charge >= 0.3 is 11.8 Å². The third kappa shape index (κ3) is 2.90. The van der Waals surface area contributed by atoms with Crippen molar-refractivity contribution in [3.05, 3.63) is 34.7 Å². The second kappa shape index (κ2) is 6.12. The van der Waals surface area contributed by atoms with Gasteiger partial charge in [-0.2, -0.15) is 0 Å². The first-order valence-electron chi connectivity index (χ1n) is 8.33. The molecular weight excluding hydrogens is 322 g/mol. The van der Waals surface area contributed by atoms with Crippen LogP contribution < -0.4 is 10.6 Å². The maximum Gasteiger partial charge on any atom is 0.409 e. The molecule has 0 radical (unpaired) electrons. The topological polar surface area (TPSA) is 94.3 Å². The minimum Gasteiger partial charge on any atom is -0.450 e. The number of fused-ring (bicyclic) bond motifs is 2. The molecule has 0 atom stereocenters. The van der Waals surface area contributed by atoms with Crippen LogP contribution in [0.4, 0.5) is 10.5 Å². The van der Waals surface area contributed by atoms with Gasteiger partial charge in [-0.3, -0.25) is 4.98 Å². The summed E-state index contributed by atoms with van der Waals surface area (Å²) in [5, 5.41) is 0.966. The number of benzene rings is 1. The Morgan fingerprint density at radius 3 is 2.76 bits per heavy atom. The van der Waals surface area contributed by atoms with E-state index in [1.165, 1.54) is 0 Å². The van der Waals surface area contributed by atoms with Crippen molar-refractivity contribution in [1.29, 1.82) is 0 Å². The van der Waals surface area contributed by atoms with Crippen molar-refractivity contribution < 1.29 is 9.53 Å². The molecule has 0 spiro atoms. The van der Waals surface area contributed by atoms with E-state index in [1.807, 2.05) is 25.1 Å². The Morgan fingerprint density at radius 1 is 1.20 bits per heavy atom. The molecule has 3 heterocycles. The normalized spacial score (nSPS) is 15.1. The van der Waals surface area contributed by atoms with Gasteiger partial charge in [-0.15, -0.1) is 0 Å². The molecule has 8 nitrogen and oxygen atoms in total. The summed E-state index contributed by atoms with van der Waals surface area (Å²) in [4.78, 5) is 37.0. The molecule has 1 aromatic carbocycles. The van der Waals surface area contributed by atoms with Gasteiger partial charge in [0.2, 0.25) is 0 Å². The van der Waals surface area contributed by atoms with Crippen molar-refractivity contribution in [2.24, 2.45) is 0 Å². The number of ether oxygens (including phenoxy) is 1. The number of aromatic nitrogens is 3. The lowest BCUT2D eigenvalue weighted by Gasteiger charge is -2.35. The van der Waals surface area contributed by atoms with Gasteiger partial charge in [0, 0.05) is 37.3 Å². The molecule has 1 fully saturated rings. The second-order valence-electron chi connectivity index (χ2n) is 6.01. The SMILES string of the molecule is CCOC(=O)N1CCN(c2ccc3nc4[nH]c(=O)[nH]c4cc3c2)CC1. The van der Waals surface area contributed by atoms with E-state index in [0.29, 0.717) is 30.9 Å². The average molecular weight is 341 g/mol. The van der Waals surface area contributed by atoms with Crippen LogP contribution in [0.15, 0.2) is 29.1 Å². The molecule has 0 saturated carbocycles. The molecular formula is C17H19N5O3. The fourth-order valence-electron chi connectivity index (χ4n) is 3.17.